The highest BCUT2D eigenvalue weighted by Gasteiger charge is 2.23. The zero-order chi connectivity index (χ0) is 18.8. The fourth-order valence-electron chi connectivity index (χ4n) is 2.15. The van der Waals surface area contributed by atoms with Crippen LogP contribution >= 0.6 is 34.8 Å². The van der Waals surface area contributed by atoms with Crippen molar-refractivity contribution < 1.29 is 13.2 Å². The van der Waals surface area contributed by atoms with Gasteiger partial charge >= 0.3 is 0 Å². The summed E-state index contributed by atoms with van der Waals surface area (Å²) in [4.78, 5) is 12.3. The highest BCUT2D eigenvalue weighted by molar-refractivity contribution is 7.92. The van der Waals surface area contributed by atoms with Gasteiger partial charge in [0, 0.05) is 15.7 Å². The van der Waals surface area contributed by atoms with Crippen LogP contribution in [0.15, 0.2) is 36.4 Å². The molecule has 134 valence electrons. The van der Waals surface area contributed by atoms with Crippen molar-refractivity contribution in [3.05, 3.63) is 57.0 Å². The van der Waals surface area contributed by atoms with Gasteiger partial charge in [-0.15, -0.1) is 0 Å². The first-order valence-corrected chi connectivity index (χ1v) is 10.0. The van der Waals surface area contributed by atoms with Crippen LogP contribution in [0.1, 0.15) is 5.56 Å². The van der Waals surface area contributed by atoms with E-state index in [-0.39, 0.29) is 10.7 Å². The Balaban J connectivity index is 2.28. The predicted molar refractivity (Wildman–Crippen MR) is 103 cm³/mol. The second-order valence-corrected chi connectivity index (χ2v) is 8.56. The van der Waals surface area contributed by atoms with Crippen LogP contribution in [0.3, 0.4) is 0 Å². The lowest BCUT2D eigenvalue weighted by molar-refractivity contribution is -0.114. The lowest BCUT2D eigenvalue weighted by Gasteiger charge is -2.23. The maximum Gasteiger partial charge on any atom is 0.245 e. The van der Waals surface area contributed by atoms with Crippen molar-refractivity contribution in [1.29, 1.82) is 0 Å². The fraction of sp³-hybridized carbons (Fsp3) is 0.188. The van der Waals surface area contributed by atoms with Gasteiger partial charge < -0.3 is 5.32 Å². The molecule has 0 saturated carbocycles. The molecule has 2 aromatic carbocycles. The molecule has 2 aromatic rings. The monoisotopic (exact) mass is 420 g/mol. The van der Waals surface area contributed by atoms with Crippen molar-refractivity contribution in [1.82, 2.24) is 0 Å². The zero-order valence-electron chi connectivity index (χ0n) is 13.4. The van der Waals surface area contributed by atoms with E-state index >= 15 is 0 Å². The van der Waals surface area contributed by atoms with E-state index in [1.165, 1.54) is 18.2 Å². The minimum absolute atomic E-state index is 0.139. The number of sulfonamides is 1. The molecule has 0 aliphatic heterocycles. The summed E-state index contributed by atoms with van der Waals surface area (Å²) in [5.74, 6) is -0.521. The standard InChI is InChI=1S/C16H15Cl3N2O3S/c1-10-7-11(17)4-6-14(10)20-16(22)9-21(25(2,23)24)15-8-12(18)3-5-13(15)19/h3-8H,9H2,1-2H3,(H,20,22). The Hall–Kier alpha value is -1.47. The van der Waals surface area contributed by atoms with Crippen LogP contribution in [0.2, 0.25) is 15.1 Å². The summed E-state index contributed by atoms with van der Waals surface area (Å²) in [6.45, 7) is 1.34. The van der Waals surface area contributed by atoms with Crippen LogP contribution in [0, 0.1) is 6.92 Å². The fourth-order valence-corrected chi connectivity index (χ4v) is 3.67. The van der Waals surface area contributed by atoms with Crippen molar-refractivity contribution in [3.8, 4) is 0 Å². The lowest BCUT2D eigenvalue weighted by Crippen LogP contribution is -2.37. The third-order valence-electron chi connectivity index (χ3n) is 3.33. The van der Waals surface area contributed by atoms with Gasteiger partial charge in [0.05, 0.1) is 17.0 Å². The van der Waals surface area contributed by atoms with Crippen LogP contribution < -0.4 is 9.62 Å². The van der Waals surface area contributed by atoms with Gasteiger partial charge in [0.15, 0.2) is 0 Å². The molecule has 9 heteroatoms. The van der Waals surface area contributed by atoms with E-state index in [1.807, 2.05) is 0 Å². The van der Waals surface area contributed by atoms with Crippen LogP contribution in [-0.4, -0.2) is 27.1 Å². The summed E-state index contributed by atoms with van der Waals surface area (Å²) in [5.41, 5.74) is 1.44. The van der Waals surface area contributed by atoms with Gasteiger partial charge in [0.25, 0.3) is 0 Å². The molecule has 0 spiro atoms. The Labute approximate surface area is 161 Å². The van der Waals surface area contributed by atoms with Crippen LogP contribution in [0.4, 0.5) is 11.4 Å². The topological polar surface area (TPSA) is 66.5 Å². The Morgan fingerprint density at radius 1 is 1.08 bits per heavy atom. The summed E-state index contributed by atoms with van der Waals surface area (Å²) in [6.07, 6.45) is 0.991. The molecule has 1 amide bonds. The summed E-state index contributed by atoms with van der Waals surface area (Å²) in [6, 6.07) is 9.37. The summed E-state index contributed by atoms with van der Waals surface area (Å²) in [7, 11) is -3.75. The van der Waals surface area contributed by atoms with Crippen LogP contribution in [-0.2, 0) is 14.8 Å². The number of halogens is 3. The second kappa shape index (κ2) is 7.83. The van der Waals surface area contributed by atoms with Crippen molar-refractivity contribution in [2.24, 2.45) is 0 Å². The van der Waals surface area contributed by atoms with Crippen molar-refractivity contribution in [3.63, 3.8) is 0 Å². The summed E-state index contributed by atoms with van der Waals surface area (Å²) < 4.78 is 25.1. The molecule has 0 saturated heterocycles. The maximum absolute atomic E-state index is 12.3. The molecule has 0 aromatic heterocycles. The molecule has 5 nitrogen and oxygen atoms in total. The van der Waals surface area contributed by atoms with E-state index in [1.54, 1.807) is 25.1 Å². The third kappa shape index (κ3) is 5.25. The smallest absolute Gasteiger partial charge is 0.245 e. The Morgan fingerprint density at radius 2 is 1.68 bits per heavy atom. The minimum atomic E-state index is -3.75. The zero-order valence-corrected chi connectivity index (χ0v) is 16.5. The number of aryl methyl sites for hydroxylation is 1. The Morgan fingerprint density at radius 3 is 2.28 bits per heavy atom. The largest absolute Gasteiger partial charge is 0.324 e. The van der Waals surface area contributed by atoms with Gasteiger partial charge in [-0.2, -0.15) is 0 Å². The number of benzene rings is 2. The summed E-state index contributed by atoms with van der Waals surface area (Å²) in [5, 5.41) is 3.68. The van der Waals surface area contributed by atoms with Gasteiger partial charge in [0.1, 0.15) is 6.54 Å². The average Bonchev–Trinajstić information content (AvgIpc) is 2.49. The highest BCUT2D eigenvalue weighted by atomic mass is 35.5. The van der Waals surface area contributed by atoms with Gasteiger partial charge in [-0.3, -0.25) is 9.10 Å². The normalized spacial score (nSPS) is 11.2. The molecular formula is C16H15Cl3N2O3S. The molecule has 25 heavy (non-hydrogen) atoms. The molecule has 0 aliphatic carbocycles. The van der Waals surface area contributed by atoms with E-state index in [0.29, 0.717) is 15.7 Å². The number of nitrogens with one attached hydrogen (secondary N) is 1. The van der Waals surface area contributed by atoms with Gasteiger partial charge in [0.2, 0.25) is 15.9 Å². The molecule has 0 aliphatic rings. The quantitative estimate of drug-likeness (QED) is 0.780. The maximum atomic E-state index is 12.3. The van der Waals surface area contributed by atoms with E-state index in [9.17, 15) is 13.2 Å². The number of carbonyl (C=O) groups is 1. The molecule has 0 fully saturated rings. The van der Waals surface area contributed by atoms with Gasteiger partial charge in [-0.1, -0.05) is 34.8 Å². The number of carbonyl (C=O) groups excluding carboxylic acids is 1. The number of hydrogen-bond acceptors (Lipinski definition) is 3. The molecule has 0 bridgehead atoms. The molecule has 0 atom stereocenters. The molecule has 0 heterocycles. The number of anilines is 2. The lowest BCUT2D eigenvalue weighted by atomic mass is 10.2. The van der Waals surface area contributed by atoms with Gasteiger partial charge in [-0.05, 0) is 48.9 Å². The number of amides is 1. The molecule has 1 N–H and O–H groups in total. The molecule has 2 rings (SSSR count). The summed E-state index contributed by atoms with van der Waals surface area (Å²) >= 11 is 17.9. The number of hydrogen-bond donors (Lipinski definition) is 1. The third-order valence-corrected chi connectivity index (χ3v) is 5.24. The van der Waals surface area contributed by atoms with E-state index in [2.05, 4.69) is 5.32 Å². The average molecular weight is 422 g/mol. The SMILES string of the molecule is Cc1cc(Cl)ccc1NC(=O)CN(c1cc(Cl)ccc1Cl)S(C)(=O)=O. The first kappa shape index (κ1) is 19.8. The van der Waals surface area contributed by atoms with Crippen LogP contribution in [0.25, 0.3) is 0 Å². The first-order chi connectivity index (χ1) is 11.6. The Bertz CT molecular complexity index is 917. The minimum Gasteiger partial charge on any atom is -0.324 e. The molecular weight excluding hydrogens is 407 g/mol. The van der Waals surface area contributed by atoms with E-state index in [0.717, 1.165) is 16.1 Å². The highest BCUT2D eigenvalue weighted by Crippen LogP contribution is 2.30. The van der Waals surface area contributed by atoms with E-state index < -0.39 is 22.5 Å². The van der Waals surface area contributed by atoms with E-state index in [4.69, 9.17) is 34.8 Å². The Kier molecular flexibility index (Phi) is 6.21. The first-order valence-electron chi connectivity index (χ1n) is 7.06. The van der Waals surface area contributed by atoms with Crippen molar-refractivity contribution in [2.75, 3.05) is 22.4 Å². The molecule has 0 unspecified atom stereocenters. The van der Waals surface area contributed by atoms with Crippen molar-refractivity contribution in [2.45, 2.75) is 6.92 Å². The second-order valence-electron chi connectivity index (χ2n) is 5.37. The number of nitrogens with zero attached hydrogens (tertiary/aromatic N) is 1. The predicted octanol–water partition coefficient (Wildman–Crippen LogP) is 4.36. The number of rotatable bonds is 5. The molecule has 0 radical (unpaired) electrons. The van der Waals surface area contributed by atoms with Crippen LogP contribution in [0.5, 0.6) is 0 Å². The van der Waals surface area contributed by atoms with Crippen molar-refractivity contribution >= 4 is 62.1 Å². The van der Waals surface area contributed by atoms with Gasteiger partial charge in [-0.25, -0.2) is 8.42 Å².